The van der Waals surface area contributed by atoms with Crippen molar-refractivity contribution >= 4 is 11.9 Å². The number of benzene rings is 1. The molecule has 6 heteroatoms. The average molecular weight is 340 g/mol. The van der Waals surface area contributed by atoms with E-state index in [0.717, 1.165) is 30.7 Å². The molecule has 2 heterocycles. The fourth-order valence-electron chi connectivity index (χ4n) is 2.92. The summed E-state index contributed by atoms with van der Waals surface area (Å²) in [6, 6.07) is 8.03. The van der Waals surface area contributed by atoms with Gasteiger partial charge in [-0.1, -0.05) is 18.2 Å². The van der Waals surface area contributed by atoms with E-state index in [9.17, 15) is 4.79 Å². The number of nitrogens with one attached hydrogen (secondary N) is 1. The molecule has 1 N–H and O–H groups in total. The number of aromatic nitrogens is 2. The lowest BCUT2D eigenvalue weighted by atomic mass is 10.1. The highest BCUT2D eigenvalue weighted by atomic mass is 16.5. The summed E-state index contributed by atoms with van der Waals surface area (Å²) in [5, 5.41) is 3.02. The number of piperidine rings is 1. The maximum Gasteiger partial charge on any atom is 0.256 e. The third-order valence-corrected chi connectivity index (χ3v) is 4.35. The number of hydrogen-bond acceptors (Lipinski definition) is 5. The highest BCUT2D eigenvalue weighted by molar-refractivity contribution is 5.93. The Morgan fingerprint density at radius 2 is 1.92 bits per heavy atom. The molecule has 0 spiro atoms. The van der Waals surface area contributed by atoms with Crippen LogP contribution in [0.15, 0.2) is 36.7 Å². The van der Waals surface area contributed by atoms with Gasteiger partial charge in [0.2, 0.25) is 5.95 Å². The Hall–Kier alpha value is -2.63. The van der Waals surface area contributed by atoms with E-state index in [1.807, 2.05) is 43.0 Å². The van der Waals surface area contributed by atoms with Gasteiger partial charge in [-0.25, -0.2) is 9.97 Å². The third-order valence-electron chi connectivity index (χ3n) is 4.35. The summed E-state index contributed by atoms with van der Waals surface area (Å²) in [5.74, 6) is 1.46. The van der Waals surface area contributed by atoms with Gasteiger partial charge in [-0.2, -0.15) is 0 Å². The summed E-state index contributed by atoms with van der Waals surface area (Å²) in [6.45, 7) is 6.15. The van der Waals surface area contributed by atoms with Crippen LogP contribution in [0.4, 0.5) is 5.95 Å². The Morgan fingerprint density at radius 3 is 2.56 bits per heavy atom. The number of anilines is 1. The minimum Gasteiger partial charge on any atom is -0.490 e. The molecule has 1 amide bonds. The summed E-state index contributed by atoms with van der Waals surface area (Å²) < 4.78 is 6.09. The van der Waals surface area contributed by atoms with Crippen LogP contribution in [0, 0.1) is 6.92 Å². The van der Waals surface area contributed by atoms with Crippen molar-refractivity contribution in [2.75, 3.05) is 25.0 Å². The number of likely N-dealkylation sites (tertiary alicyclic amines) is 1. The zero-order valence-corrected chi connectivity index (χ0v) is 14.7. The molecule has 6 nitrogen and oxygen atoms in total. The van der Waals surface area contributed by atoms with E-state index in [1.54, 1.807) is 12.4 Å². The van der Waals surface area contributed by atoms with Crippen LogP contribution in [0.5, 0.6) is 5.75 Å². The first kappa shape index (κ1) is 17.2. The summed E-state index contributed by atoms with van der Waals surface area (Å²) >= 11 is 0. The van der Waals surface area contributed by atoms with Crippen molar-refractivity contribution in [2.45, 2.75) is 32.8 Å². The maximum atomic E-state index is 12.6. The standard InChI is InChI=1S/C19H24N4O2/c1-3-20-19-21-12-15(13-22-19)18(24)23-10-8-16(9-11-23)25-17-7-5-4-6-14(17)2/h4-7,12-13,16H,3,8-11H2,1-2H3,(H,20,21,22). The second-order valence-electron chi connectivity index (χ2n) is 6.20. The van der Waals surface area contributed by atoms with Gasteiger partial charge < -0.3 is 15.0 Å². The molecule has 1 fully saturated rings. The molecule has 0 unspecified atom stereocenters. The molecule has 3 rings (SSSR count). The Bertz CT molecular complexity index is 710. The Kier molecular flexibility index (Phi) is 5.48. The molecular formula is C19H24N4O2. The Balaban J connectivity index is 1.54. The lowest BCUT2D eigenvalue weighted by Gasteiger charge is -2.32. The maximum absolute atomic E-state index is 12.6. The molecule has 0 bridgehead atoms. The minimum atomic E-state index is -0.0163. The van der Waals surface area contributed by atoms with E-state index in [4.69, 9.17) is 4.74 Å². The van der Waals surface area contributed by atoms with E-state index in [-0.39, 0.29) is 12.0 Å². The quantitative estimate of drug-likeness (QED) is 0.906. The van der Waals surface area contributed by atoms with E-state index in [2.05, 4.69) is 15.3 Å². The largest absolute Gasteiger partial charge is 0.490 e. The van der Waals surface area contributed by atoms with Gasteiger partial charge in [0.25, 0.3) is 5.91 Å². The highest BCUT2D eigenvalue weighted by Crippen LogP contribution is 2.23. The molecule has 132 valence electrons. The smallest absolute Gasteiger partial charge is 0.256 e. The van der Waals surface area contributed by atoms with Crippen molar-refractivity contribution in [2.24, 2.45) is 0 Å². The lowest BCUT2D eigenvalue weighted by Crippen LogP contribution is -2.41. The molecule has 2 aromatic rings. The number of carbonyl (C=O) groups is 1. The van der Waals surface area contributed by atoms with Crippen LogP contribution in [0.3, 0.4) is 0 Å². The molecule has 0 atom stereocenters. The van der Waals surface area contributed by atoms with Gasteiger partial charge in [0, 0.05) is 44.9 Å². The van der Waals surface area contributed by atoms with Gasteiger partial charge in [0.15, 0.2) is 0 Å². The second kappa shape index (κ2) is 7.96. The van der Waals surface area contributed by atoms with Crippen LogP contribution in [-0.4, -0.2) is 46.5 Å². The summed E-state index contributed by atoms with van der Waals surface area (Å²) in [6.07, 6.45) is 4.98. The van der Waals surface area contributed by atoms with E-state index >= 15 is 0 Å². The molecular weight excluding hydrogens is 316 g/mol. The van der Waals surface area contributed by atoms with Gasteiger partial charge in [0.05, 0.1) is 5.56 Å². The first-order chi connectivity index (χ1) is 12.2. The molecule has 1 aromatic heterocycles. The number of hydrogen-bond donors (Lipinski definition) is 1. The average Bonchev–Trinajstić information content (AvgIpc) is 2.65. The summed E-state index contributed by atoms with van der Waals surface area (Å²) in [4.78, 5) is 22.8. The van der Waals surface area contributed by atoms with Crippen LogP contribution in [0.25, 0.3) is 0 Å². The predicted molar refractivity (Wildman–Crippen MR) is 96.9 cm³/mol. The van der Waals surface area contributed by atoms with E-state index < -0.39 is 0 Å². The SMILES string of the molecule is CCNc1ncc(C(=O)N2CCC(Oc3ccccc3C)CC2)cn1. The third kappa shape index (κ3) is 4.26. The zero-order valence-electron chi connectivity index (χ0n) is 14.7. The predicted octanol–water partition coefficient (Wildman–Crippen LogP) is 2.90. The molecule has 0 radical (unpaired) electrons. The first-order valence-corrected chi connectivity index (χ1v) is 8.75. The monoisotopic (exact) mass is 340 g/mol. The molecule has 0 saturated carbocycles. The first-order valence-electron chi connectivity index (χ1n) is 8.75. The molecule has 1 saturated heterocycles. The van der Waals surface area contributed by atoms with Crippen LogP contribution in [-0.2, 0) is 0 Å². The fraction of sp³-hybridized carbons (Fsp3) is 0.421. The van der Waals surface area contributed by atoms with Crippen LogP contribution in [0.2, 0.25) is 0 Å². The van der Waals surface area contributed by atoms with Gasteiger partial charge in [-0.3, -0.25) is 4.79 Å². The number of aryl methyl sites for hydroxylation is 1. The fourth-order valence-corrected chi connectivity index (χ4v) is 2.92. The molecule has 25 heavy (non-hydrogen) atoms. The van der Waals surface area contributed by atoms with Crippen molar-refractivity contribution < 1.29 is 9.53 Å². The second-order valence-corrected chi connectivity index (χ2v) is 6.20. The normalized spacial score (nSPS) is 15.0. The van der Waals surface area contributed by atoms with E-state index in [0.29, 0.717) is 24.6 Å². The van der Waals surface area contributed by atoms with Gasteiger partial charge in [-0.05, 0) is 25.5 Å². The molecule has 1 aromatic carbocycles. The Morgan fingerprint density at radius 1 is 1.24 bits per heavy atom. The number of carbonyl (C=O) groups excluding carboxylic acids is 1. The van der Waals surface area contributed by atoms with Crippen molar-refractivity contribution in [1.82, 2.24) is 14.9 Å². The molecule has 0 aliphatic carbocycles. The number of ether oxygens (including phenoxy) is 1. The number of amides is 1. The van der Waals surface area contributed by atoms with Gasteiger partial charge >= 0.3 is 0 Å². The van der Waals surface area contributed by atoms with Crippen molar-refractivity contribution in [3.05, 3.63) is 47.8 Å². The van der Waals surface area contributed by atoms with Crippen molar-refractivity contribution in [3.63, 3.8) is 0 Å². The molecule has 1 aliphatic heterocycles. The topological polar surface area (TPSA) is 67.4 Å². The van der Waals surface area contributed by atoms with Crippen LogP contribution < -0.4 is 10.1 Å². The zero-order chi connectivity index (χ0) is 17.6. The summed E-state index contributed by atoms with van der Waals surface area (Å²) in [5.41, 5.74) is 1.67. The molecule has 1 aliphatic rings. The van der Waals surface area contributed by atoms with Gasteiger partial charge in [-0.15, -0.1) is 0 Å². The minimum absolute atomic E-state index is 0.0163. The highest BCUT2D eigenvalue weighted by Gasteiger charge is 2.25. The van der Waals surface area contributed by atoms with Gasteiger partial charge in [0.1, 0.15) is 11.9 Å². The lowest BCUT2D eigenvalue weighted by molar-refractivity contribution is 0.0593. The van der Waals surface area contributed by atoms with Crippen LogP contribution >= 0.6 is 0 Å². The van der Waals surface area contributed by atoms with Crippen LogP contribution in [0.1, 0.15) is 35.7 Å². The number of nitrogens with zero attached hydrogens (tertiary/aromatic N) is 3. The Labute approximate surface area is 148 Å². The van der Waals surface area contributed by atoms with Crippen molar-refractivity contribution in [1.29, 1.82) is 0 Å². The summed E-state index contributed by atoms with van der Waals surface area (Å²) in [7, 11) is 0. The van der Waals surface area contributed by atoms with Crippen molar-refractivity contribution in [3.8, 4) is 5.75 Å². The van der Waals surface area contributed by atoms with E-state index in [1.165, 1.54) is 0 Å². The number of rotatable bonds is 5. The number of para-hydroxylation sites is 1.